The first-order chi connectivity index (χ1) is 13.2. The molecule has 1 saturated heterocycles. The number of aromatic nitrogens is 1. The molecule has 5 nitrogen and oxygen atoms in total. The minimum absolute atomic E-state index is 0.0206. The van der Waals surface area contributed by atoms with Gasteiger partial charge in [-0.2, -0.15) is 0 Å². The van der Waals surface area contributed by atoms with E-state index in [0.717, 1.165) is 42.2 Å². The third kappa shape index (κ3) is 5.22. The van der Waals surface area contributed by atoms with E-state index in [0.29, 0.717) is 12.5 Å². The van der Waals surface area contributed by atoms with Crippen LogP contribution in [-0.2, 0) is 11.3 Å². The number of hydrogen-bond acceptors (Lipinski definition) is 4. The van der Waals surface area contributed by atoms with E-state index in [1.54, 1.807) is 0 Å². The maximum absolute atomic E-state index is 12.2. The smallest absolute Gasteiger partial charge is 0.258 e. The Bertz CT molecular complexity index is 739. The minimum atomic E-state index is -0.127. The summed E-state index contributed by atoms with van der Waals surface area (Å²) in [7, 11) is 0. The van der Waals surface area contributed by atoms with Crippen LogP contribution in [0.15, 0.2) is 42.6 Å². The summed E-state index contributed by atoms with van der Waals surface area (Å²) >= 11 is 0. The Morgan fingerprint density at radius 1 is 1.22 bits per heavy atom. The molecule has 27 heavy (non-hydrogen) atoms. The summed E-state index contributed by atoms with van der Waals surface area (Å²) in [5.41, 5.74) is 2.14. The largest absolute Gasteiger partial charge is 0.483 e. The van der Waals surface area contributed by atoms with Gasteiger partial charge >= 0.3 is 0 Å². The van der Waals surface area contributed by atoms with E-state index >= 15 is 0 Å². The van der Waals surface area contributed by atoms with Gasteiger partial charge in [0.2, 0.25) is 0 Å². The first-order valence-corrected chi connectivity index (χ1v) is 9.85. The zero-order valence-corrected chi connectivity index (χ0v) is 16.3. The molecule has 2 aromatic rings. The highest BCUT2D eigenvalue weighted by Crippen LogP contribution is 2.28. The maximum Gasteiger partial charge on any atom is 0.258 e. The molecule has 1 fully saturated rings. The van der Waals surface area contributed by atoms with Gasteiger partial charge in [0.25, 0.3) is 5.91 Å². The topological polar surface area (TPSA) is 54.5 Å². The Balaban J connectivity index is 1.47. The Morgan fingerprint density at radius 3 is 2.70 bits per heavy atom. The Hall–Kier alpha value is -2.56. The molecule has 1 atom stereocenters. The highest BCUT2D eigenvalue weighted by atomic mass is 16.5. The minimum Gasteiger partial charge on any atom is -0.483 e. The first kappa shape index (κ1) is 19.2. The quantitative estimate of drug-likeness (QED) is 0.769. The lowest BCUT2D eigenvalue weighted by molar-refractivity contribution is -0.123. The van der Waals surface area contributed by atoms with Crippen LogP contribution in [0.4, 0.5) is 5.82 Å². The molecule has 144 valence electrons. The molecule has 0 radical (unpaired) electrons. The van der Waals surface area contributed by atoms with E-state index < -0.39 is 0 Å². The number of pyridine rings is 1. The van der Waals surface area contributed by atoms with E-state index in [1.807, 2.05) is 36.5 Å². The van der Waals surface area contributed by atoms with Crippen molar-refractivity contribution >= 4 is 11.7 Å². The second kappa shape index (κ2) is 9.40. The number of benzene rings is 1. The standard InChI is InChI=1S/C22H29N3O2/c1-3-17(2)19-8-4-5-9-20(19)27-16-22(26)24-15-18-10-11-21(23-14-18)25-12-6-7-13-25/h4-5,8-11,14,17H,3,6-7,12-13,15-16H2,1-2H3,(H,24,26). The van der Waals surface area contributed by atoms with Gasteiger partial charge in [-0.1, -0.05) is 38.1 Å². The summed E-state index contributed by atoms with van der Waals surface area (Å²) in [5, 5.41) is 2.90. The molecule has 1 amide bonds. The normalized spacial score (nSPS) is 14.8. The number of carbonyl (C=O) groups is 1. The average molecular weight is 367 g/mol. The van der Waals surface area contributed by atoms with E-state index in [9.17, 15) is 4.79 Å². The summed E-state index contributed by atoms with van der Waals surface area (Å²) in [6.45, 7) is 6.96. The van der Waals surface area contributed by atoms with Crippen LogP contribution in [0, 0.1) is 0 Å². The van der Waals surface area contributed by atoms with Crippen molar-refractivity contribution in [3.8, 4) is 5.75 Å². The lowest BCUT2D eigenvalue weighted by atomic mass is 9.98. The van der Waals surface area contributed by atoms with Crippen LogP contribution < -0.4 is 15.0 Å². The molecule has 1 N–H and O–H groups in total. The van der Waals surface area contributed by atoms with Crippen LogP contribution in [0.5, 0.6) is 5.75 Å². The first-order valence-electron chi connectivity index (χ1n) is 9.85. The van der Waals surface area contributed by atoms with Crippen molar-refractivity contribution in [3.63, 3.8) is 0 Å². The third-order valence-corrected chi connectivity index (χ3v) is 5.15. The van der Waals surface area contributed by atoms with Crippen molar-refractivity contribution in [2.24, 2.45) is 0 Å². The summed E-state index contributed by atoms with van der Waals surface area (Å²) in [5.74, 6) is 2.09. The van der Waals surface area contributed by atoms with E-state index in [-0.39, 0.29) is 12.5 Å². The number of para-hydroxylation sites is 1. The SMILES string of the molecule is CCC(C)c1ccccc1OCC(=O)NCc1ccc(N2CCCC2)nc1. The van der Waals surface area contributed by atoms with Gasteiger partial charge in [0, 0.05) is 25.8 Å². The van der Waals surface area contributed by atoms with Crippen molar-refractivity contribution in [2.45, 2.75) is 45.6 Å². The number of anilines is 1. The molecule has 0 aliphatic carbocycles. The average Bonchev–Trinajstić information content (AvgIpc) is 3.25. The van der Waals surface area contributed by atoms with Crippen LogP contribution in [0.1, 0.15) is 50.2 Å². The van der Waals surface area contributed by atoms with Crippen LogP contribution >= 0.6 is 0 Å². The maximum atomic E-state index is 12.2. The van der Waals surface area contributed by atoms with Gasteiger partial charge in [0.15, 0.2) is 6.61 Å². The van der Waals surface area contributed by atoms with Gasteiger partial charge in [-0.3, -0.25) is 4.79 Å². The number of rotatable bonds is 8. The predicted molar refractivity (Wildman–Crippen MR) is 108 cm³/mol. The molecule has 1 unspecified atom stereocenters. The number of carbonyl (C=O) groups excluding carboxylic acids is 1. The fraction of sp³-hybridized carbons (Fsp3) is 0.455. The van der Waals surface area contributed by atoms with Crippen molar-refractivity contribution < 1.29 is 9.53 Å². The zero-order chi connectivity index (χ0) is 19.1. The lowest BCUT2D eigenvalue weighted by Crippen LogP contribution is -2.28. The third-order valence-electron chi connectivity index (χ3n) is 5.15. The molecule has 0 bridgehead atoms. The van der Waals surface area contributed by atoms with Gasteiger partial charge in [-0.15, -0.1) is 0 Å². The molecule has 5 heteroatoms. The molecule has 1 aliphatic rings. The molecule has 3 rings (SSSR count). The fourth-order valence-corrected chi connectivity index (χ4v) is 3.29. The molecular weight excluding hydrogens is 338 g/mol. The van der Waals surface area contributed by atoms with Crippen LogP contribution in [0.25, 0.3) is 0 Å². The Morgan fingerprint density at radius 2 is 2.00 bits per heavy atom. The van der Waals surface area contributed by atoms with E-state index in [4.69, 9.17) is 4.74 Å². The van der Waals surface area contributed by atoms with Crippen LogP contribution in [0.3, 0.4) is 0 Å². The van der Waals surface area contributed by atoms with Crippen LogP contribution in [0.2, 0.25) is 0 Å². The summed E-state index contributed by atoms with van der Waals surface area (Å²) in [6.07, 6.45) is 5.35. The summed E-state index contributed by atoms with van der Waals surface area (Å²) < 4.78 is 5.76. The van der Waals surface area contributed by atoms with Gasteiger partial charge in [0.05, 0.1) is 0 Å². The van der Waals surface area contributed by atoms with E-state index in [1.165, 1.54) is 12.8 Å². The summed E-state index contributed by atoms with van der Waals surface area (Å²) in [6, 6.07) is 12.0. The molecule has 1 aromatic heterocycles. The highest BCUT2D eigenvalue weighted by Gasteiger charge is 2.13. The summed E-state index contributed by atoms with van der Waals surface area (Å²) in [4.78, 5) is 19.0. The molecular formula is C22H29N3O2. The van der Waals surface area contributed by atoms with Crippen molar-refractivity contribution in [3.05, 3.63) is 53.7 Å². The van der Waals surface area contributed by atoms with Crippen molar-refractivity contribution in [1.82, 2.24) is 10.3 Å². The molecule has 1 aliphatic heterocycles. The van der Waals surface area contributed by atoms with Gasteiger partial charge in [-0.25, -0.2) is 4.98 Å². The second-order valence-electron chi connectivity index (χ2n) is 7.13. The second-order valence-corrected chi connectivity index (χ2v) is 7.13. The van der Waals surface area contributed by atoms with Gasteiger partial charge in [0.1, 0.15) is 11.6 Å². The fourth-order valence-electron chi connectivity index (χ4n) is 3.29. The number of hydrogen-bond donors (Lipinski definition) is 1. The number of amides is 1. The zero-order valence-electron chi connectivity index (χ0n) is 16.3. The lowest BCUT2D eigenvalue weighted by Gasteiger charge is -2.16. The number of nitrogens with zero attached hydrogens (tertiary/aromatic N) is 2. The number of nitrogens with one attached hydrogen (secondary N) is 1. The predicted octanol–water partition coefficient (Wildman–Crippen LogP) is 3.89. The van der Waals surface area contributed by atoms with Crippen LogP contribution in [-0.4, -0.2) is 30.6 Å². The van der Waals surface area contributed by atoms with E-state index in [2.05, 4.69) is 35.1 Å². The highest BCUT2D eigenvalue weighted by molar-refractivity contribution is 5.77. The Kier molecular flexibility index (Phi) is 6.69. The van der Waals surface area contributed by atoms with Crippen molar-refractivity contribution in [1.29, 1.82) is 0 Å². The Labute approximate surface area is 161 Å². The number of ether oxygens (including phenoxy) is 1. The molecule has 1 aromatic carbocycles. The monoisotopic (exact) mass is 367 g/mol. The van der Waals surface area contributed by atoms with Crippen molar-refractivity contribution in [2.75, 3.05) is 24.6 Å². The van der Waals surface area contributed by atoms with Gasteiger partial charge < -0.3 is 15.0 Å². The molecule has 2 heterocycles. The molecule has 0 saturated carbocycles. The molecule has 0 spiro atoms. The van der Waals surface area contributed by atoms with Gasteiger partial charge in [-0.05, 0) is 48.4 Å².